The number of nitrogens with one attached hydrogen (secondary N) is 1. The molecule has 3 heterocycles. The largest absolute Gasteiger partial charge is 0.454 e. The second-order valence-electron chi connectivity index (χ2n) is 8.53. The number of anilines is 2. The van der Waals surface area contributed by atoms with Gasteiger partial charge >= 0.3 is 0 Å². The Bertz CT molecular complexity index is 1600. The summed E-state index contributed by atoms with van der Waals surface area (Å²) in [7, 11) is 3.79. The molecule has 5 rings (SSSR count). The quantitative estimate of drug-likeness (QED) is 0.334. The summed E-state index contributed by atoms with van der Waals surface area (Å²) >= 11 is 0. The summed E-state index contributed by atoms with van der Waals surface area (Å²) in [6.45, 7) is 5.35. The number of aromatic nitrogens is 5. The van der Waals surface area contributed by atoms with Crippen molar-refractivity contribution in [3.63, 3.8) is 0 Å². The van der Waals surface area contributed by atoms with Gasteiger partial charge in [-0.25, -0.2) is 9.97 Å². The zero-order valence-electron chi connectivity index (χ0n) is 20.2. The van der Waals surface area contributed by atoms with Crippen molar-refractivity contribution >= 4 is 28.4 Å². The van der Waals surface area contributed by atoms with E-state index in [4.69, 9.17) is 10.5 Å². The summed E-state index contributed by atoms with van der Waals surface area (Å²) < 4.78 is 9.59. The van der Waals surface area contributed by atoms with Crippen LogP contribution in [0.4, 0.5) is 11.5 Å². The minimum absolute atomic E-state index is 0.218. The average molecular weight is 480 g/mol. The first kappa shape index (κ1) is 22.9. The predicted molar refractivity (Wildman–Crippen MR) is 141 cm³/mol. The molecule has 0 unspecified atom stereocenters. The number of carbonyl (C=O) groups is 1. The number of carbonyl (C=O) groups excluding carboxylic acids is 1. The van der Waals surface area contributed by atoms with Crippen LogP contribution in [0.25, 0.3) is 33.4 Å². The predicted octanol–water partition coefficient (Wildman–Crippen LogP) is 4.92. The molecule has 0 aliphatic rings. The van der Waals surface area contributed by atoms with Gasteiger partial charge in [-0.3, -0.25) is 9.48 Å². The number of nitrogen functional groups attached to an aromatic ring is 1. The normalized spacial score (nSPS) is 11.0. The Morgan fingerprint density at radius 2 is 1.69 bits per heavy atom. The summed E-state index contributed by atoms with van der Waals surface area (Å²) in [5.74, 6) is 1.53. The van der Waals surface area contributed by atoms with Crippen molar-refractivity contribution in [2.45, 2.75) is 6.92 Å². The third kappa shape index (κ3) is 4.18. The lowest BCUT2D eigenvalue weighted by molar-refractivity contribution is -0.112. The highest BCUT2D eigenvalue weighted by Crippen LogP contribution is 2.42. The number of benzene rings is 2. The van der Waals surface area contributed by atoms with Crippen LogP contribution < -0.4 is 15.8 Å². The lowest BCUT2D eigenvalue weighted by Gasteiger charge is -2.11. The first-order valence-corrected chi connectivity index (χ1v) is 11.2. The monoisotopic (exact) mass is 479 g/mol. The standard InChI is InChI=1S/C27H25N7O2/c1-16(2)27(35)32-19-9-5-18(6-10-19)24-22(23-25(28)29-15-30-26(23)34(24)4)17-7-11-20(12-8-17)36-21-13-31-33(3)14-21/h5-15H,1H2,2-4H3,(H,32,35)(H2,28,29,30). The van der Waals surface area contributed by atoms with Gasteiger partial charge in [0.15, 0.2) is 5.75 Å². The topological polar surface area (TPSA) is 113 Å². The van der Waals surface area contributed by atoms with E-state index in [1.165, 1.54) is 6.33 Å². The molecule has 180 valence electrons. The molecule has 3 aromatic heterocycles. The molecule has 0 atom stereocenters. The molecule has 5 aromatic rings. The Labute approximate surface area is 207 Å². The maximum atomic E-state index is 12.0. The SMILES string of the molecule is C=C(C)C(=O)Nc1ccc(-c2c(-c3ccc(Oc4cnn(C)c4)cc3)c3c(N)ncnc3n2C)cc1. The second kappa shape index (κ2) is 9.03. The first-order valence-electron chi connectivity index (χ1n) is 11.2. The van der Waals surface area contributed by atoms with E-state index in [9.17, 15) is 4.79 Å². The Kier molecular flexibility index (Phi) is 5.73. The molecule has 0 saturated heterocycles. The fourth-order valence-corrected chi connectivity index (χ4v) is 4.12. The zero-order chi connectivity index (χ0) is 25.4. The maximum absolute atomic E-state index is 12.0. The molecule has 3 N–H and O–H groups in total. The number of nitrogens with zero attached hydrogens (tertiary/aromatic N) is 5. The fraction of sp³-hybridized carbons (Fsp3) is 0.111. The van der Waals surface area contributed by atoms with Crippen LogP contribution in [0.5, 0.6) is 11.5 Å². The van der Waals surface area contributed by atoms with Crippen LogP contribution in [0.2, 0.25) is 0 Å². The highest BCUT2D eigenvalue weighted by atomic mass is 16.5. The van der Waals surface area contributed by atoms with Crippen molar-refractivity contribution < 1.29 is 9.53 Å². The van der Waals surface area contributed by atoms with E-state index in [2.05, 4.69) is 27.0 Å². The van der Waals surface area contributed by atoms with E-state index in [1.54, 1.807) is 24.0 Å². The molecule has 9 nitrogen and oxygen atoms in total. The minimum atomic E-state index is -0.218. The van der Waals surface area contributed by atoms with Gasteiger partial charge in [-0.15, -0.1) is 0 Å². The molecule has 0 fully saturated rings. The first-order chi connectivity index (χ1) is 17.3. The summed E-state index contributed by atoms with van der Waals surface area (Å²) in [4.78, 5) is 20.7. The van der Waals surface area contributed by atoms with E-state index >= 15 is 0 Å². The van der Waals surface area contributed by atoms with Crippen molar-refractivity contribution in [1.29, 1.82) is 0 Å². The molecule has 0 aliphatic heterocycles. The summed E-state index contributed by atoms with van der Waals surface area (Å²) in [5.41, 5.74) is 11.9. The second-order valence-corrected chi connectivity index (χ2v) is 8.53. The van der Waals surface area contributed by atoms with E-state index in [-0.39, 0.29) is 5.91 Å². The number of aryl methyl sites for hydroxylation is 2. The lowest BCUT2D eigenvalue weighted by atomic mass is 9.98. The Morgan fingerprint density at radius 3 is 2.33 bits per heavy atom. The molecule has 0 radical (unpaired) electrons. The number of rotatable bonds is 6. The molecule has 2 aromatic carbocycles. The van der Waals surface area contributed by atoms with Crippen LogP contribution in [0.15, 0.2) is 79.4 Å². The molecule has 0 bridgehead atoms. The lowest BCUT2D eigenvalue weighted by Crippen LogP contribution is -2.11. The molecule has 0 aliphatic carbocycles. The van der Waals surface area contributed by atoms with E-state index in [0.29, 0.717) is 28.6 Å². The molecule has 9 heteroatoms. The van der Waals surface area contributed by atoms with Crippen molar-refractivity contribution in [3.05, 3.63) is 79.4 Å². The highest BCUT2D eigenvalue weighted by molar-refractivity contribution is 6.08. The van der Waals surface area contributed by atoms with E-state index in [1.807, 2.05) is 67.2 Å². The van der Waals surface area contributed by atoms with Gasteiger partial charge in [-0.2, -0.15) is 5.10 Å². The third-order valence-electron chi connectivity index (χ3n) is 5.86. The average Bonchev–Trinajstić information content (AvgIpc) is 3.41. The van der Waals surface area contributed by atoms with Crippen molar-refractivity contribution in [1.82, 2.24) is 24.3 Å². The molecule has 0 spiro atoms. The van der Waals surface area contributed by atoms with E-state index in [0.717, 1.165) is 33.4 Å². The van der Waals surface area contributed by atoms with Crippen molar-refractivity contribution in [2.75, 3.05) is 11.1 Å². The molecular formula is C27H25N7O2. The number of amides is 1. The Balaban J connectivity index is 1.58. The number of nitrogens with two attached hydrogens (primary N) is 1. The maximum Gasteiger partial charge on any atom is 0.250 e. The summed E-state index contributed by atoms with van der Waals surface area (Å²) in [6.07, 6.45) is 4.93. The van der Waals surface area contributed by atoms with Crippen LogP contribution in [0, 0.1) is 0 Å². The minimum Gasteiger partial charge on any atom is -0.454 e. The molecule has 0 saturated carbocycles. The number of hydrogen-bond donors (Lipinski definition) is 2. The van der Waals surface area contributed by atoms with Gasteiger partial charge in [-0.05, 0) is 42.3 Å². The zero-order valence-corrected chi connectivity index (χ0v) is 20.2. The number of hydrogen-bond acceptors (Lipinski definition) is 6. The Morgan fingerprint density at radius 1 is 1.00 bits per heavy atom. The van der Waals surface area contributed by atoms with Gasteiger partial charge in [0.2, 0.25) is 0 Å². The molecule has 1 amide bonds. The van der Waals surface area contributed by atoms with Crippen LogP contribution in [-0.2, 0) is 18.9 Å². The smallest absolute Gasteiger partial charge is 0.250 e. The number of ether oxygens (including phenoxy) is 1. The Hall–Kier alpha value is -4.92. The van der Waals surface area contributed by atoms with Gasteiger partial charge in [0.05, 0.1) is 23.5 Å². The van der Waals surface area contributed by atoms with Crippen molar-refractivity contribution in [3.8, 4) is 33.9 Å². The summed E-state index contributed by atoms with van der Waals surface area (Å²) in [6, 6.07) is 15.4. The van der Waals surface area contributed by atoms with Crippen molar-refractivity contribution in [2.24, 2.45) is 14.1 Å². The van der Waals surface area contributed by atoms with Gasteiger partial charge in [0.25, 0.3) is 5.91 Å². The van der Waals surface area contributed by atoms with E-state index < -0.39 is 0 Å². The van der Waals surface area contributed by atoms with Crippen LogP contribution in [-0.4, -0.2) is 30.2 Å². The molecular weight excluding hydrogens is 454 g/mol. The van der Waals surface area contributed by atoms with Crippen LogP contribution in [0.1, 0.15) is 6.92 Å². The van der Waals surface area contributed by atoms with Gasteiger partial charge in [-0.1, -0.05) is 30.8 Å². The molecule has 36 heavy (non-hydrogen) atoms. The number of fused-ring (bicyclic) bond motifs is 1. The van der Waals surface area contributed by atoms with Crippen LogP contribution >= 0.6 is 0 Å². The van der Waals surface area contributed by atoms with Gasteiger partial charge in [0.1, 0.15) is 23.5 Å². The fourth-order valence-electron chi connectivity index (χ4n) is 4.12. The summed E-state index contributed by atoms with van der Waals surface area (Å²) in [5, 5.41) is 7.74. The highest BCUT2D eigenvalue weighted by Gasteiger charge is 2.22. The van der Waals surface area contributed by atoms with Gasteiger partial charge < -0.3 is 20.4 Å². The third-order valence-corrected chi connectivity index (χ3v) is 5.86. The van der Waals surface area contributed by atoms with Crippen LogP contribution in [0.3, 0.4) is 0 Å². The van der Waals surface area contributed by atoms with Gasteiger partial charge in [0, 0.05) is 30.9 Å².